The fourth-order valence-electron chi connectivity index (χ4n) is 4.17. The molecule has 4 rings (SSSR count). The number of halogens is 3. The van der Waals surface area contributed by atoms with Crippen LogP contribution >= 0.6 is 34.8 Å². The van der Waals surface area contributed by atoms with Gasteiger partial charge in [-0.1, -0.05) is 34.8 Å². The molecule has 0 aromatic heterocycles. The van der Waals surface area contributed by atoms with Crippen molar-refractivity contribution < 1.29 is 4.74 Å². The number of hydrogen-bond donors (Lipinski definition) is 2. The maximum absolute atomic E-state index is 6.50. The van der Waals surface area contributed by atoms with Crippen LogP contribution in [0.2, 0.25) is 15.1 Å². The molecule has 144 valence electrons. The van der Waals surface area contributed by atoms with Gasteiger partial charge < -0.3 is 16.2 Å². The Balaban J connectivity index is 1.71. The van der Waals surface area contributed by atoms with Gasteiger partial charge in [0, 0.05) is 33.9 Å². The Hall–Kier alpha value is -1.17. The molecule has 1 fully saturated rings. The van der Waals surface area contributed by atoms with Crippen molar-refractivity contribution in [2.45, 2.75) is 37.5 Å². The smallest absolute Gasteiger partial charge is 0.140 e. The topological polar surface area (TPSA) is 64.5 Å². The lowest BCUT2D eigenvalue weighted by Gasteiger charge is -2.38. The summed E-state index contributed by atoms with van der Waals surface area (Å²) in [5.74, 6) is 0.603. The number of likely N-dealkylation sites (tertiary alicyclic amines) is 1. The molecule has 1 heterocycles. The Kier molecular flexibility index (Phi) is 5.45. The third-order valence-electron chi connectivity index (χ3n) is 5.43. The van der Waals surface area contributed by atoms with Crippen LogP contribution < -0.4 is 16.2 Å². The van der Waals surface area contributed by atoms with Crippen LogP contribution in [0, 0.1) is 0 Å². The third kappa shape index (κ3) is 3.87. The molecular weight excluding hydrogens is 405 g/mol. The minimum absolute atomic E-state index is 0.135. The number of fused-ring (bicyclic) bond motifs is 1. The first-order valence-corrected chi connectivity index (χ1v) is 10.2. The fraction of sp³-hybridized carbons (Fsp3) is 0.400. The molecule has 2 aromatic carbocycles. The standard InChI is InChI=1S/C20H22Cl3N3O/c21-11-6-15-14(16(22)7-11)9-18(26-5-1-2-13(25)10-26)20(15)27-19-4-3-12(24)8-17(19)23/h3-4,6-8,13,18,20H,1-2,5,9-10,24-25H2/t13-,18-,20-/m1/s1. The van der Waals surface area contributed by atoms with Gasteiger partial charge in [-0.05, 0) is 61.7 Å². The number of nitrogens with zero attached hydrogens (tertiary/aromatic N) is 1. The van der Waals surface area contributed by atoms with Crippen molar-refractivity contribution in [3.63, 3.8) is 0 Å². The molecular formula is C20H22Cl3N3O. The summed E-state index contributed by atoms with van der Waals surface area (Å²) in [4.78, 5) is 2.41. The maximum Gasteiger partial charge on any atom is 0.140 e. The van der Waals surface area contributed by atoms with E-state index in [-0.39, 0.29) is 18.2 Å². The average molecular weight is 427 g/mol. The van der Waals surface area contributed by atoms with E-state index in [1.54, 1.807) is 24.3 Å². The Morgan fingerprint density at radius 3 is 2.63 bits per heavy atom. The van der Waals surface area contributed by atoms with Crippen LogP contribution in [0.15, 0.2) is 30.3 Å². The highest BCUT2D eigenvalue weighted by molar-refractivity contribution is 6.35. The molecule has 0 unspecified atom stereocenters. The van der Waals surface area contributed by atoms with E-state index in [4.69, 9.17) is 51.0 Å². The van der Waals surface area contributed by atoms with Gasteiger partial charge in [0.25, 0.3) is 0 Å². The second-order valence-electron chi connectivity index (χ2n) is 7.35. The number of anilines is 1. The van der Waals surface area contributed by atoms with Gasteiger partial charge in [0.05, 0.1) is 11.1 Å². The molecule has 0 saturated carbocycles. The van der Waals surface area contributed by atoms with Crippen molar-refractivity contribution in [1.82, 2.24) is 4.90 Å². The average Bonchev–Trinajstić information content (AvgIpc) is 2.96. The fourth-order valence-corrected chi connectivity index (χ4v) is 4.99. The highest BCUT2D eigenvalue weighted by Crippen LogP contribution is 2.44. The highest BCUT2D eigenvalue weighted by atomic mass is 35.5. The van der Waals surface area contributed by atoms with Gasteiger partial charge in [0.15, 0.2) is 0 Å². The largest absolute Gasteiger partial charge is 0.482 e. The lowest BCUT2D eigenvalue weighted by Crippen LogP contribution is -2.49. The van der Waals surface area contributed by atoms with E-state index in [0.717, 1.165) is 43.5 Å². The first kappa shape index (κ1) is 19.2. The van der Waals surface area contributed by atoms with Gasteiger partial charge in [-0.25, -0.2) is 0 Å². The Labute approximate surface area is 174 Å². The molecule has 3 atom stereocenters. The Morgan fingerprint density at radius 1 is 1.07 bits per heavy atom. The Morgan fingerprint density at radius 2 is 1.89 bits per heavy atom. The zero-order valence-corrected chi connectivity index (χ0v) is 17.1. The van der Waals surface area contributed by atoms with E-state index < -0.39 is 0 Å². The summed E-state index contributed by atoms with van der Waals surface area (Å²) < 4.78 is 6.41. The van der Waals surface area contributed by atoms with E-state index in [1.807, 2.05) is 6.07 Å². The minimum Gasteiger partial charge on any atom is -0.482 e. The van der Waals surface area contributed by atoms with E-state index in [2.05, 4.69) is 4.90 Å². The normalized spacial score (nSPS) is 25.4. The van der Waals surface area contributed by atoms with Crippen LogP contribution in [-0.4, -0.2) is 30.1 Å². The van der Waals surface area contributed by atoms with Crippen molar-refractivity contribution in [1.29, 1.82) is 0 Å². The minimum atomic E-state index is -0.220. The molecule has 2 aliphatic rings. The molecule has 1 aliphatic heterocycles. The molecule has 0 bridgehead atoms. The predicted octanol–water partition coefficient (Wildman–Crippen LogP) is 4.70. The molecule has 0 radical (unpaired) electrons. The monoisotopic (exact) mass is 425 g/mol. The van der Waals surface area contributed by atoms with Gasteiger partial charge in [0.2, 0.25) is 0 Å². The number of nitrogen functional groups attached to an aromatic ring is 1. The molecule has 0 spiro atoms. The van der Waals surface area contributed by atoms with Crippen LogP contribution in [0.1, 0.15) is 30.1 Å². The van der Waals surface area contributed by atoms with Gasteiger partial charge in [-0.2, -0.15) is 0 Å². The molecule has 27 heavy (non-hydrogen) atoms. The van der Waals surface area contributed by atoms with Crippen molar-refractivity contribution in [3.05, 3.63) is 56.5 Å². The summed E-state index contributed by atoms with van der Waals surface area (Å²) in [5, 5.41) is 1.77. The summed E-state index contributed by atoms with van der Waals surface area (Å²) >= 11 is 19.2. The number of rotatable bonds is 3. The number of ether oxygens (including phenoxy) is 1. The summed E-state index contributed by atoms with van der Waals surface area (Å²) in [6, 6.07) is 9.35. The number of nitrogens with two attached hydrogens (primary N) is 2. The molecule has 2 aromatic rings. The Bertz CT molecular complexity index is 861. The first-order valence-electron chi connectivity index (χ1n) is 9.11. The quantitative estimate of drug-likeness (QED) is 0.698. The summed E-state index contributed by atoms with van der Waals surface area (Å²) in [6.07, 6.45) is 2.72. The van der Waals surface area contributed by atoms with Crippen molar-refractivity contribution in [2.24, 2.45) is 5.73 Å². The molecule has 1 saturated heterocycles. The third-order valence-corrected chi connectivity index (χ3v) is 6.28. The first-order chi connectivity index (χ1) is 12.9. The lowest BCUT2D eigenvalue weighted by molar-refractivity contribution is 0.0594. The van der Waals surface area contributed by atoms with Gasteiger partial charge in [-0.3, -0.25) is 4.90 Å². The maximum atomic E-state index is 6.50. The van der Waals surface area contributed by atoms with Crippen LogP contribution in [0.25, 0.3) is 0 Å². The molecule has 0 amide bonds. The molecule has 4 N–H and O–H groups in total. The number of piperidine rings is 1. The summed E-state index contributed by atoms with van der Waals surface area (Å²) in [5.41, 5.74) is 14.7. The SMILES string of the molecule is Nc1ccc(O[C@@H]2c3cc(Cl)cc(Cl)c3C[C@H]2N2CCC[C@@H](N)C2)c(Cl)c1. The van der Waals surface area contributed by atoms with Crippen molar-refractivity contribution in [2.75, 3.05) is 18.8 Å². The molecule has 4 nitrogen and oxygen atoms in total. The number of hydrogen-bond acceptors (Lipinski definition) is 4. The van der Waals surface area contributed by atoms with Crippen LogP contribution in [0.4, 0.5) is 5.69 Å². The molecule has 7 heteroatoms. The second kappa shape index (κ2) is 7.69. The highest BCUT2D eigenvalue weighted by Gasteiger charge is 2.40. The summed E-state index contributed by atoms with van der Waals surface area (Å²) in [7, 11) is 0. The zero-order chi connectivity index (χ0) is 19.1. The lowest BCUT2D eigenvalue weighted by atomic mass is 10.0. The van der Waals surface area contributed by atoms with Crippen LogP contribution in [-0.2, 0) is 6.42 Å². The van der Waals surface area contributed by atoms with Crippen LogP contribution in [0.3, 0.4) is 0 Å². The van der Waals surface area contributed by atoms with E-state index in [1.165, 1.54) is 0 Å². The van der Waals surface area contributed by atoms with Gasteiger partial charge >= 0.3 is 0 Å². The van der Waals surface area contributed by atoms with E-state index in [9.17, 15) is 0 Å². The summed E-state index contributed by atoms with van der Waals surface area (Å²) in [6.45, 7) is 1.84. The zero-order valence-electron chi connectivity index (χ0n) is 14.8. The molecule has 1 aliphatic carbocycles. The van der Waals surface area contributed by atoms with Gasteiger partial charge in [0.1, 0.15) is 11.9 Å². The second-order valence-corrected chi connectivity index (χ2v) is 8.60. The predicted molar refractivity (Wildman–Crippen MR) is 112 cm³/mol. The van der Waals surface area contributed by atoms with Crippen molar-refractivity contribution in [3.8, 4) is 5.75 Å². The van der Waals surface area contributed by atoms with E-state index in [0.29, 0.717) is 26.5 Å². The number of benzene rings is 2. The van der Waals surface area contributed by atoms with Gasteiger partial charge in [-0.15, -0.1) is 0 Å². The van der Waals surface area contributed by atoms with E-state index >= 15 is 0 Å². The van der Waals surface area contributed by atoms with Crippen molar-refractivity contribution >= 4 is 40.5 Å². The van der Waals surface area contributed by atoms with Crippen LogP contribution in [0.5, 0.6) is 5.75 Å².